The van der Waals surface area contributed by atoms with E-state index in [9.17, 15) is 5.11 Å². The zero-order valence-electron chi connectivity index (χ0n) is 6.59. The number of hydrogen-bond donors (Lipinski definition) is 1. The van der Waals surface area contributed by atoms with Gasteiger partial charge in [0.05, 0.1) is 6.10 Å². The average molecular weight is 140 g/mol. The maximum atomic E-state index is 9.32. The number of aliphatic hydroxyl groups excluding tert-OH is 1. The smallest absolute Gasteiger partial charge is 0.0545 e. The highest BCUT2D eigenvalue weighted by atomic mass is 16.3. The van der Waals surface area contributed by atoms with Gasteiger partial charge in [0.1, 0.15) is 0 Å². The molecule has 2 fully saturated rings. The molecule has 1 heteroatoms. The second kappa shape index (κ2) is 2.23. The minimum Gasteiger partial charge on any atom is -0.393 e. The summed E-state index contributed by atoms with van der Waals surface area (Å²) >= 11 is 0. The molecule has 3 atom stereocenters. The van der Waals surface area contributed by atoms with Gasteiger partial charge in [-0.15, -0.1) is 0 Å². The summed E-state index contributed by atoms with van der Waals surface area (Å²) < 4.78 is 0. The van der Waals surface area contributed by atoms with Gasteiger partial charge in [0.25, 0.3) is 0 Å². The molecule has 0 aliphatic heterocycles. The van der Waals surface area contributed by atoms with E-state index in [4.69, 9.17) is 0 Å². The molecular weight excluding hydrogens is 124 g/mol. The van der Waals surface area contributed by atoms with Gasteiger partial charge in [-0.25, -0.2) is 0 Å². The summed E-state index contributed by atoms with van der Waals surface area (Å²) in [4.78, 5) is 0. The first kappa shape index (κ1) is 6.66. The Hall–Kier alpha value is -0.0400. The Balaban J connectivity index is 1.93. The van der Waals surface area contributed by atoms with Crippen molar-refractivity contribution in [1.29, 1.82) is 0 Å². The van der Waals surface area contributed by atoms with E-state index in [1.54, 1.807) is 0 Å². The number of aliphatic hydroxyl groups is 1. The van der Waals surface area contributed by atoms with Crippen LogP contribution in [0.1, 0.15) is 32.6 Å². The Kier molecular flexibility index (Phi) is 1.48. The summed E-state index contributed by atoms with van der Waals surface area (Å²) in [6.45, 7) is 1.95. The zero-order chi connectivity index (χ0) is 7.14. The Bertz CT molecular complexity index is 119. The van der Waals surface area contributed by atoms with Crippen LogP contribution in [0.15, 0.2) is 0 Å². The summed E-state index contributed by atoms with van der Waals surface area (Å²) in [6.07, 6.45) is 5.56. The van der Waals surface area contributed by atoms with Gasteiger partial charge in [0.15, 0.2) is 0 Å². The molecule has 2 aliphatic carbocycles. The standard InChI is InChI=1S/C9H16O/c1-6(10)9-7-4-2-3-5-8(7)9/h6-10H,2-5H2,1H3. The van der Waals surface area contributed by atoms with Gasteiger partial charge in [-0.1, -0.05) is 12.8 Å². The maximum absolute atomic E-state index is 9.32. The Morgan fingerprint density at radius 3 is 2.10 bits per heavy atom. The molecule has 0 saturated heterocycles. The number of fused-ring (bicyclic) bond motifs is 1. The van der Waals surface area contributed by atoms with Crippen molar-refractivity contribution in [3.8, 4) is 0 Å². The number of rotatable bonds is 1. The van der Waals surface area contributed by atoms with Crippen LogP contribution in [-0.2, 0) is 0 Å². The largest absolute Gasteiger partial charge is 0.393 e. The SMILES string of the molecule is CC(O)C1C2CCCCC21. The van der Waals surface area contributed by atoms with E-state index in [1.807, 2.05) is 6.92 Å². The number of hydrogen-bond acceptors (Lipinski definition) is 1. The van der Waals surface area contributed by atoms with E-state index in [-0.39, 0.29) is 6.10 Å². The molecule has 0 aromatic carbocycles. The summed E-state index contributed by atoms with van der Waals surface area (Å²) in [7, 11) is 0. The Morgan fingerprint density at radius 1 is 1.20 bits per heavy atom. The summed E-state index contributed by atoms with van der Waals surface area (Å²) in [5.74, 6) is 2.50. The molecule has 0 amide bonds. The van der Waals surface area contributed by atoms with Crippen LogP contribution in [0.4, 0.5) is 0 Å². The quantitative estimate of drug-likeness (QED) is 0.589. The highest BCUT2D eigenvalue weighted by molar-refractivity contribution is 5.01. The van der Waals surface area contributed by atoms with Crippen molar-refractivity contribution in [3.05, 3.63) is 0 Å². The Labute approximate surface area is 62.4 Å². The van der Waals surface area contributed by atoms with Gasteiger partial charge < -0.3 is 5.11 Å². The lowest BCUT2D eigenvalue weighted by Gasteiger charge is -2.04. The predicted molar refractivity (Wildman–Crippen MR) is 40.6 cm³/mol. The third kappa shape index (κ3) is 0.878. The fourth-order valence-corrected chi connectivity index (χ4v) is 2.76. The van der Waals surface area contributed by atoms with E-state index < -0.39 is 0 Å². The molecule has 2 saturated carbocycles. The monoisotopic (exact) mass is 140 g/mol. The molecule has 1 N–H and O–H groups in total. The van der Waals surface area contributed by atoms with Crippen LogP contribution in [0.2, 0.25) is 0 Å². The molecule has 2 aliphatic rings. The van der Waals surface area contributed by atoms with Crippen LogP contribution in [0.3, 0.4) is 0 Å². The summed E-state index contributed by atoms with van der Waals surface area (Å²) in [6, 6.07) is 0. The van der Waals surface area contributed by atoms with Crippen LogP contribution in [0.5, 0.6) is 0 Å². The van der Waals surface area contributed by atoms with Gasteiger partial charge in [0.2, 0.25) is 0 Å². The second-order valence-corrected chi connectivity index (χ2v) is 3.93. The van der Waals surface area contributed by atoms with E-state index in [0.29, 0.717) is 5.92 Å². The molecule has 0 heterocycles. The first-order chi connectivity index (χ1) is 4.80. The molecule has 1 nitrogen and oxygen atoms in total. The van der Waals surface area contributed by atoms with Crippen molar-refractivity contribution in [3.63, 3.8) is 0 Å². The highest BCUT2D eigenvalue weighted by Crippen LogP contribution is 2.56. The lowest BCUT2D eigenvalue weighted by Crippen LogP contribution is -2.04. The van der Waals surface area contributed by atoms with Crippen LogP contribution >= 0.6 is 0 Å². The molecule has 10 heavy (non-hydrogen) atoms. The minimum atomic E-state index is -0.0342. The fourth-order valence-electron chi connectivity index (χ4n) is 2.76. The molecule has 0 aromatic rings. The predicted octanol–water partition coefficient (Wildman–Crippen LogP) is 1.80. The normalized spacial score (nSPS) is 48.0. The molecule has 58 valence electrons. The van der Waals surface area contributed by atoms with Crippen molar-refractivity contribution in [2.75, 3.05) is 0 Å². The first-order valence-corrected chi connectivity index (χ1v) is 4.49. The summed E-state index contributed by atoms with van der Waals surface area (Å²) in [5.41, 5.74) is 0. The first-order valence-electron chi connectivity index (χ1n) is 4.49. The van der Waals surface area contributed by atoms with Gasteiger partial charge in [-0.2, -0.15) is 0 Å². The molecular formula is C9H16O. The van der Waals surface area contributed by atoms with Crippen molar-refractivity contribution in [2.45, 2.75) is 38.7 Å². The molecule has 0 spiro atoms. The minimum absolute atomic E-state index is 0.0342. The van der Waals surface area contributed by atoms with E-state index in [1.165, 1.54) is 25.7 Å². The molecule has 0 bridgehead atoms. The van der Waals surface area contributed by atoms with Gasteiger partial charge >= 0.3 is 0 Å². The van der Waals surface area contributed by atoms with Crippen LogP contribution in [0.25, 0.3) is 0 Å². The molecule has 3 unspecified atom stereocenters. The maximum Gasteiger partial charge on any atom is 0.0545 e. The Morgan fingerprint density at radius 2 is 1.70 bits per heavy atom. The van der Waals surface area contributed by atoms with Crippen molar-refractivity contribution >= 4 is 0 Å². The van der Waals surface area contributed by atoms with E-state index in [0.717, 1.165) is 11.8 Å². The summed E-state index contributed by atoms with van der Waals surface area (Å²) in [5, 5.41) is 9.32. The highest BCUT2D eigenvalue weighted by Gasteiger charge is 2.52. The molecule has 0 radical (unpaired) electrons. The third-order valence-electron chi connectivity index (χ3n) is 3.28. The topological polar surface area (TPSA) is 20.2 Å². The van der Waals surface area contributed by atoms with Gasteiger partial charge in [-0.05, 0) is 37.5 Å². The lowest BCUT2D eigenvalue weighted by atomic mass is 10.0. The van der Waals surface area contributed by atoms with Crippen molar-refractivity contribution in [2.24, 2.45) is 17.8 Å². The van der Waals surface area contributed by atoms with Crippen LogP contribution in [-0.4, -0.2) is 11.2 Å². The molecule has 2 rings (SSSR count). The van der Waals surface area contributed by atoms with Crippen LogP contribution < -0.4 is 0 Å². The lowest BCUT2D eigenvalue weighted by molar-refractivity contribution is 0.159. The van der Waals surface area contributed by atoms with E-state index >= 15 is 0 Å². The fraction of sp³-hybridized carbons (Fsp3) is 1.00. The van der Waals surface area contributed by atoms with Crippen molar-refractivity contribution in [1.82, 2.24) is 0 Å². The zero-order valence-corrected chi connectivity index (χ0v) is 6.59. The van der Waals surface area contributed by atoms with Gasteiger partial charge in [-0.3, -0.25) is 0 Å². The molecule has 0 aromatic heterocycles. The van der Waals surface area contributed by atoms with Crippen LogP contribution in [0, 0.1) is 17.8 Å². The van der Waals surface area contributed by atoms with E-state index in [2.05, 4.69) is 0 Å². The third-order valence-corrected chi connectivity index (χ3v) is 3.28. The van der Waals surface area contributed by atoms with Crippen molar-refractivity contribution < 1.29 is 5.11 Å². The van der Waals surface area contributed by atoms with Gasteiger partial charge in [0, 0.05) is 0 Å². The second-order valence-electron chi connectivity index (χ2n) is 3.93. The average Bonchev–Trinajstić information content (AvgIpc) is 2.60.